The largest absolute Gasteiger partial charge is 0.324 e. The van der Waals surface area contributed by atoms with Gasteiger partial charge >= 0.3 is 0 Å². The van der Waals surface area contributed by atoms with E-state index in [1.165, 1.54) is 42.1 Å². The Balaban J connectivity index is 1.24. The van der Waals surface area contributed by atoms with Gasteiger partial charge in [0.15, 0.2) is 0 Å². The van der Waals surface area contributed by atoms with Crippen molar-refractivity contribution in [2.75, 3.05) is 10.6 Å². The van der Waals surface area contributed by atoms with Gasteiger partial charge in [-0.25, -0.2) is 0 Å². The third kappa shape index (κ3) is 8.30. The maximum absolute atomic E-state index is 13.9. The maximum Gasteiger partial charge on any atom is 0.272 e. The van der Waals surface area contributed by atoms with Crippen LogP contribution in [-0.2, 0) is 9.59 Å². The second kappa shape index (κ2) is 15.6. The summed E-state index contributed by atoms with van der Waals surface area (Å²) < 4.78 is 0. The summed E-state index contributed by atoms with van der Waals surface area (Å²) in [6.07, 6.45) is 1.45. The number of non-ortho nitro benzene ring substituents is 1. The van der Waals surface area contributed by atoms with E-state index in [-0.39, 0.29) is 17.3 Å². The molecular formula is C40H30N4O5S. The molecule has 0 saturated carbocycles. The van der Waals surface area contributed by atoms with E-state index in [0.717, 1.165) is 21.2 Å². The zero-order valence-electron chi connectivity index (χ0n) is 26.5. The van der Waals surface area contributed by atoms with Gasteiger partial charge < -0.3 is 16.0 Å². The molecule has 0 heterocycles. The third-order valence-corrected chi connectivity index (χ3v) is 8.93. The Morgan fingerprint density at radius 3 is 2.10 bits per heavy atom. The van der Waals surface area contributed by atoms with E-state index < -0.39 is 22.0 Å². The number of fused-ring (bicyclic) bond motifs is 1. The lowest BCUT2D eigenvalue weighted by Crippen LogP contribution is -2.30. The molecule has 6 aromatic rings. The predicted octanol–water partition coefficient (Wildman–Crippen LogP) is 8.63. The first kappa shape index (κ1) is 33.4. The molecule has 9 nitrogen and oxygen atoms in total. The van der Waals surface area contributed by atoms with Gasteiger partial charge in [0.25, 0.3) is 17.5 Å². The van der Waals surface area contributed by atoms with Crippen molar-refractivity contribution >= 4 is 63.4 Å². The minimum absolute atomic E-state index is 0.0672. The number of nitro benzene ring substituents is 1. The monoisotopic (exact) mass is 678 g/mol. The van der Waals surface area contributed by atoms with Crippen LogP contribution >= 0.6 is 11.8 Å². The Morgan fingerprint density at radius 1 is 0.700 bits per heavy atom. The van der Waals surface area contributed by atoms with Gasteiger partial charge in [-0.2, -0.15) is 0 Å². The molecule has 0 saturated heterocycles. The number of anilines is 2. The number of carbonyl (C=O) groups excluding carboxylic acids is 3. The number of rotatable bonds is 11. The fraction of sp³-hybridized carbons (Fsp3) is 0.0250. The number of nitrogens with one attached hydrogen (secondary N) is 3. The van der Waals surface area contributed by atoms with Crippen LogP contribution in [0.5, 0.6) is 0 Å². The van der Waals surface area contributed by atoms with Crippen LogP contribution in [0.3, 0.4) is 0 Å². The highest BCUT2D eigenvalue weighted by Crippen LogP contribution is 2.38. The van der Waals surface area contributed by atoms with Crippen LogP contribution in [0.25, 0.3) is 16.8 Å². The number of hydrogen-bond donors (Lipinski definition) is 3. The van der Waals surface area contributed by atoms with Gasteiger partial charge in [0, 0.05) is 39.4 Å². The normalized spacial score (nSPS) is 11.7. The zero-order chi connectivity index (χ0) is 34.9. The Labute approximate surface area is 292 Å². The summed E-state index contributed by atoms with van der Waals surface area (Å²) >= 11 is 1.34. The molecule has 0 fully saturated rings. The molecule has 1 atom stereocenters. The quantitative estimate of drug-likeness (QED) is 0.0544. The van der Waals surface area contributed by atoms with Gasteiger partial charge in [-0.05, 0) is 71.1 Å². The Bertz CT molecular complexity index is 2200. The summed E-state index contributed by atoms with van der Waals surface area (Å²) in [4.78, 5) is 51.9. The van der Waals surface area contributed by atoms with E-state index in [1.54, 1.807) is 48.5 Å². The molecule has 0 aromatic heterocycles. The number of hydrogen-bond acceptors (Lipinski definition) is 6. The summed E-state index contributed by atoms with van der Waals surface area (Å²) in [6, 6.07) is 44.2. The molecular weight excluding hydrogens is 649 g/mol. The van der Waals surface area contributed by atoms with Gasteiger partial charge in [0.1, 0.15) is 10.9 Å². The molecule has 0 radical (unpaired) electrons. The highest BCUT2D eigenvalue weighted by atomic mass is 32.2. The summed E-state index contributed by atoms with van der Waals surface area (Å²) in [5.74, 6) is -1.31. The van der Waals surface area contributed by atoms with Crippen molar-refractivity contribution in [1.82, 2.24) is 5.32 Å². The van der Waals surface area contributed by atoms with Crippen LogP contribution in [0.4, 0.5) is 17.1 Å². The van der Waals surface area contributed by atoms with Crippen molar-refractivity contribution < 1.29 is 19.3 Å². The van der Waals surface area contributed by atoms with E-state index in [1.807, 2.05) is 78.9 Å². The van der Waals surface area contributed by atoms with Crippen LogP contribution in [-0.4, -0.2) is 22.6 Å². The molecule has 3 N–H and O–H groups in total. The minimum atomic E-state index is -0.621. The van der Waals surface area contributed by atoms with Crippen molar-refractivity contribution in [3.8, 4) is 0 Å². The first-order valence-corrected chi connectivity index (χ1v) is 16.5. The smallest absolute Gasteiger partial charge is 0.272 e. The molecule has 1 unspecified atom stereocenters. The summed E-state index contributed by atoms with van der Waals surface area (Å²) in [7, 11) is 0. The molecule has 6 rings (SSSR count). The summed E-state index contributed by atoms with van der Waals surface area (Å²) in [6.45, 7) is 0. The third-order valence-electron chi connectivity index (χ3n) is 7.68. The lowest BCUT2D eigenvalue weighted by atomic mass is 10.1. The fourth-order valence-corrected chi connectivity index (χ4v) is 6.30. The lowest BCUT2D eigenvalue weighted by Gasteiger charge is -2.18. The number of nitrogens with zero attached hydrogens (tertiary/aromatic N) is 1. The molecule has 0 aliphatic rings. The highest BCUT2D eigenvalue weighted by Gasteiger charge is 2.23. The number of carbonyl (C=O) groups is 3. The topological polar surface area (TPSA) is 130 Å². The van der Waals surface area contributed by atoms with E-state index in [0.29, 0.717) is 22.5 Å². The fourth-order valence-electron chi connectivity index (χ4n) is 5.22. The van der Waals surface area contributed by atoms with E-state index in [9.17, 15) is 24.5 Å². The van der Waals surface area contributed by atoms with Crippen molar-refractivity contribution in [1.29, 1.82) is 0 Å². The van der Waals surface area contributed by atoms with Crippen LogP contribution < -0.4 is 16.0 Å². The van der Waals surface area contributed by atoms with Gasteiger partial charge in [-0.1, -0.05) is 91.0 Å². The van der Waals surface area contributed by atoms with Crippen molar-refractivity contribution in [2.45, 2.75) is 10.1 Å². The molecule has 0 aliphatic carbocycles. The SMILES string of the molecule is O=C(Nc1cccc(SC(C(=O)Nc2cccc3ccccc23)c2ccccc2)c1)/C(=C\c1ccc([N+](=O)[O-])cc1)NC(=O)c1ccccc1. The van der Waals surface area contributed by atoms with Crippen molar-refractivity contribution in [2.24, 2.45) is 0 Å². The lowest BCUT2D eigenvalue weighted by molar-refractivity contribution is -0.384. The standard InChI is InChI=1S/C40H30N4O5S/c45-38(30-14-5-2-6-15-30)43-36(25-27-21-23-32(24-22-27)44(48)49)39(46)41-31-17-10-18-33(26-31)50-37(29-12-3-1-4-13-29)40(47)42-35-20-9-16-28-11-7-8-19-34(28)35/h1-26,37H,(H,41,46)(H,42,47)(H,43,45)/b36-25+. The molecule has 0 bridgehead atoms. The van der Waals surface area contributed by atoms with E-state index in [2.05, 4.69) is 16.0 Å². The van der Waals surface area contributed by atoms with Crippen LogP contribution in [0.1, 0.15) is 26.7 Å². The van der Waals surface area contributed by atoms with Crippen LogP contribution in [0.2, 0.25) is 0 Å². The van der Waals surface area contributed by atoms with E-state index in [4.69, 9.17) is 0 Å². The molecule has 10 heteroatoms. The second-order valence-corrected chi connectivity index (χ2v) is 12.3. The number of benzene rings is 6. The predicted molar refractivity (Wildman–Crippen MR) is 198 cm³/mol. The Morgan fingerprint density at radius 2 is 1.36 bits per heavy atom. The number of thioether (sulfide) groups is 1. The van der Waals surface area contributed by atoms with Gasteiger partial charge in [-0.15, -0.1) is 11.8 Å². The highest BCUT2D eigenvalue weighted by molar-refractivity contribution is 8.00. The number of amides is 3. The van der Waals surface area contributed by atoms with Crippen molar-refractivity contribution in [3.63, 3.8) is 0 Å². The summed E-state index contributed by atoms with van der Waals surface area (Å²) in [5.41, 5.74) is 2.60. The van der Waals surface area contributed by atoms with Gasteiger partial charge in [0.2, 0.25) is 5.91 Å². The van der Waals surface area contributed by atoms with Crippen LogP contribution in [0.15, 0.2) is 162 Å². The first-order chi connectivity index (χ1) is 24.3. The molecule has 3 amide bonds. The molecule has 6 aromatic carbocycles. The second-order valence-electron chi connectivity index (χ2n) is 11.1. The average Bonchev–Trinajstić information content (AvgIpc) is 3.14. The van der Waals surface area contributed by atoms with Gasteiger partial charge in [0.05, 0.1) is 4.92 Å². The van der Waals surface area contributed by atoms with Crippen LogP contribution in [0, 0.1) is 10.1 Å². The van der Waals surface area contributed by atoms with Crippen molar-refractivity contribution in [3.05, 3.63) is 184 Å². The molecule has 246 valence electrons. The number of nitro groups is 1. The van der Waals surface area contributed by atoms with E-state index >= 15 is 0 Å². The minimum Gasteiger partial charge on any atom is -0.324 e. The maximum atomic E-state index is 13.9. The molecule has 0 aliphatic heterocycles. The average molecular weight is 679 g/mol. The molecule has 0 spiro atoms. The molecule has 50 heavy (non-hydrogen) atoms. The first-order valence-electron chi connectivity index (χ1n) is 15.6. The summed E-state index contributed by atoms with van der Waals surface area (Å²) in [5, 5.41) is 21.1. The Hall–Kier alpha value is -6.52. The zero-order valence-corrected chi connectivity index (χ0v) is 27.3. The van der Waals surface area contributed by atoms with Gasteiger partial charge in [-0.3, -0.25) is 24.5 Å². The Kier molecular flexibility index (Phi) is 10.4.